The molecule has 7 nitrogen and oxygen atoms in total. The number of ether oxygens (including phenoxy) is 1. The predicted octanol–water partition coefficient (Wildman–Crippen LogP) is 1.44. The van der Waals surface area contributed by atoms with E-state index in [0.717, 1.165) is 31.4 Å². The molecule has 3 heterocycles. The van der Waals surface area contributed by atoms with Crippen molar-refractivity contribution in [1.82, 2.24) is 25.1 Å². The minimum Gasteiger partial charge on any atom is -0.381 e. The van der Waals surface area contributed by atoms with Crippen LogP contribution in [0.2, 0.25) is 0 Å². The van der Waals surface area contributed by atoms with Crippen LogP contribution in [0.4, 0.5) is 0 Å². The van der Waals surface area contributed by atoms with Gasteiger partial charge >= 0.3 is 0 Å². The molecule has 7 heteroatoms. The van der Waals surface area contributed by atoms with Gasteiger partial charge in [-0.1, -0.05) is 6.07 Å². The molecule has 23 heavy (non-hydrogen) atoms. The molecule has 0 radical (unpaired) electrons. The second-order valence-corrected chi connectivity index (χ2v) is 6.23. The third kappa shape index (κ3) is 2.50. The highest BCUT2D eigenvalue weighted by atomic mass is 16.5. The Morgan fingerprint density at radius 3 is 2.70 bits per heavy atom. The van der Waals surface area contributed by atoms with Crippen molar-refractivity contribution in [2.24, 2.45) is 0 Å². The number of carbonyl (C=O) groups is 1. The fraction of sp³-hybridized carbons (Fsp3) is 0.500. The van der Waals surface area contributed by atoms with Gasteiger partial charge in [-0.15, -0.1) is 5.10 Å². The number of methoxy groups -OCH3 is 1. The average Bonchev–Trinajstić information content (AvgIpc) is 3.21. The molecule has 4 rings (SSSR count). The van der Waals surface area contributed by atoms with Gasteiger partial charge in [0.2, 0.25) is 0 Å². The van der Waals surface area contributed by atoms with Crippen molar-refractivity contribution in [3.05, 3.63) is 36.2 Å². The highest BCUT2D eigenvalue weighted by molar-refractivity contribution is 5.95. The molecule has 1 amide bonds. The molecule has 120 valence electrons. The van der Waals surface area contributed by atoms with Crippen LogP contribution in [0.15, 0.2) is 30.6 Å². The van der Waals surface area contributed by atoms with Crippen molar-refractivity contribution >= 4 is 5.91 Å². The van der Waals surface area contributed by atoms with Crippen LogP contribution in [0.5, 0.6) is 0 Å². The maximum absolute atomic E-state index is 13.0. The van der Waals surface area contributed by atoms with Gasteiger partial charge in [0, 0.05) is 24.8 Å². The minimum atomic E-state index is 0.0991. The van der Waals surface area contributed by atoms with Crippen molar-refractivity contribution in [2.75, 3.05) is 7.11 Å². The van der Waals surface area contributed by atoms with Crippen LogP contribution in [0.25, 0.3) is 5.69 Å². The van der Waals surface area contributed by atoms with Crippen LogP contribution < -0.4 is 0 Å². The summed E-state index contributed by atoms with van der Waals surface area (Å²) in [6.45, 7) is 0. The number of benzene rings is 1. The minimum absolute atomic E-state index is 0.0991. The van der Waals surface area contributed by atoms with Crippen molar-refractivity contribution in [2.45, 2.75) is 43.9 Å². The normalized spacial score (nSPS) is 26.5. The predicted molar refractivity (Wildman–Crippen MR) is 82.2 cm³/mol. The van der Waals surface area contributed by atoms with Crippen LogP contribution in [0.3, 0.4) is 0 Å². The summed E-state index contributed by atoms with van der Waals surface area (Å²) in [4.78, 5) is 15.1. The third-order valence-corrected chi connectivity index (χ3v) is 4.96. The molecule has 2 saturated heterocycles. The highest BCUT2D eigenvalue weighted by Crippen LogP contribution is 2.37. The molecule has 2 unspecified atom stereocenters. The number of carbonyl (C=O) groups excluding carboxylic acids is 1. The summed E-state index contributed by atoms with van der Waals surface area (Å²) in [6.07, 6.45) is 5.82. The molecule has 1 aromatic carbocycles. The van der Waals surface area contributed by atoms with E-state index in [1.807, 2.05) is 24.3 Å². The van der Waals surface area contributed by atoms with Crippen LogP contribution in [-0.2, 0) is 4.74 Å². The van der Waals surface area contributed by atoms with Crippen LogP contribution in [0, 0.1) is 0 Å². The summed E-state index contributed by atoms with van der Waals surface area (Å²) < 4.78 is 7.07. The summed E-state index contributed by atoms with van der Waals surface area (Å²) in [7, 11) is 1.76. The number of hydrogen-bond acceptors (Lipinski definition) is 5. The topological polar surface area (TPSA) is 73.1 Å². The van der Waals surface area contributed by atoms with Gasteiger partial charge in [-0.25, -0.2) is 4.68 Å². The van der Waals surface area contributed by atoms with E-state index in [-0.39, 0.29) is 12.0 Å². The first-order valence-corrected chi connectivity index (χ1v) is 7.95. The summed E-state index contributed by atoms with van der Waals surface area (Å²) in [6, 6.07) is 8.05. The Balaban J connectivity index is 1.59. The number of rotatable bonds is 3. The molecule has 0 spiro atoms. The molecule has 0 saturated carbocycles. The summed E-state index contributed by atoms with van der Waals surface area (Å²) >= 11 is 0. The first-order valence-electron chi connectivity index (χ1n) is 7.95. The van der Waals surface area contributed by atoms with E-state index in [1.54, 1.807) is 11.8 Å². The second kappa shape index (κ2) is 5.73. The van der Waals surface area contributed by atoms with Crippen LogP contribution in [0.1, 0.15) is 36.0 Å². The zero-order chi connectivity index (χ0) is 15.8. The van der Waals surface area contributed by atoms with Crippen molar-refractivity contribution in [1.29, 1.82) is 0 Å². The van der Waals surface area contributed by atoms with Gasteiger partial charge in [-0.2, -0.15) is 0 Å². The van der Waals surface area contributed by atoms with Crippen molar-refractivity contribution in [3.8, 4) is 5.69 Å². The number of nitrogens with zero attached hydrogens (tertiary/aromatic N) is 5. The van der Waals surface area contributed by atoms with Gasteiger partial charge in [0.15, 0.2) is 0 Å². The lowest BCUT2D eigenvalue weighted by Crippen LogP contribution is -2.48. The lowest BCUT2D eigenvalue weighted by Gasteiger charge is -2.38. The van der Waals surface area contributed by atoms with Gasteiger partial charge < -0.3 is 9.64 Å². The number of aromatic nitrogens is 4. The zero-order valence-corrected chi connectivity index (χ0v) is 13.0. The first-order chi connectivity index (χ1) is 11.3. The monoisotopic (exact) mass is 313 g/mol. The summed E-state index contributed by atoms with van der Waals surface area (Å²) in [5.41, 5.74) is 1.48. The van der Waals surface area contributed by atoms with E-state index in [0.29, 0.717) is 17.6 Å². The van der Waals surface area contributed by atoms with E-state index in [1.165, 1.54) is 6.33 Å². The standard InChI is InChI=1S/C16H19N5O2/c1-23-15-8-13-5-6-14(9-15)21(13)16(22)11-3-2-4-12(7-11)20-10-17-18-19-20/h2-4,7,10,13-15H,5-6,8-9H2,1H3. The van der Waals surface area contributed by atoms with E-state index < -0.39 is 0 Å². The Kier molecular flexibility index (Phi) is 3.57. The molecule has 2 fully saturated rings. The first kappa shape index (κ1) is 14.3. The smallest absolute Gasteiger partial charge is 0.254 e. The lowest BCUT2D eigenvalue weighted by molar-refractivity contribution is 0.00822. The second-order valence-electron chi connectivity index (χ2n) is 6.23. The molecular weight excluding hydrogens is 294 g/mol. The molecule has 1 aromatic heterocycles. The Bertz CT molecular complexity index is 688. The molecule has 2 aromatic rings. The maximum Gasteiger partial charge on any atom is 0.254 e. The SMILES string of the molecule is COC1CC2CCC(C1)N2C(=O)c1cccc(-n2cnnn2)c1. The number of fused-ring (bicyclic) bond motifs is 2. The molecule has 2 atom stereocenters. The number of amides is 1. The van der Waals surface area contributed by atoms with Crippen LogP contribution >= 0.6 is 0 Å². The molecule has 0 N–H and O–H groups in total. The Hall–Kier alpha value is -2.28. The van der Waals surface area contributed by atoms with Crippen molar-refractivity contribution in [3.63, 3.8) is 0 Å². The molecular formula is C16H19N5O2. The molecule has 2 bridgehead atoms. The van der Waals surface area contributed by atoms with Gasteiger partial charge in [0.25, 0.3) is 5.91 Å². The van der Waals surface area contributed by atoms with E-state index in [4.69, 9.17) is 4.74 Å². The largest absolute Gasteiger partial charge is 0.381 e. The molecule has 2 aliphatic heterocycles. The number of piperidine rings is 1. The van der Waals surface area contributed by atoms with E-state index in [9.17, 15) is 4.79 Å². The zero-order valence-electron chi connectivity index (χ0n) is 13.0. The Morgan fingerprint density at radius 1 is 1.26 bits per heavy atom. The Labute approximate surface area is 134 Å². The highest BCUT2D eigenvalue weighted by Gasteiger charge is 2.43. The quantitative estimate of drug-likeness (QED) is 0.857. The maximum atomic E-state index is 13.0. The van der Waals surface area contributed by atoms with Gasteiger partial charge in [-0.3, -0.25) is 4.79 Å². The number of tetrazole rings is 1. The Morgan fingerprint density at radius 2 is 2.04 bits per heavy atom. The summed E-state index contributed by atoms with van der Waals surface area (Å²) in [5, 5.41) is 11.2. The fourth-order valence-corrected chi connectivity index (χ4v) is 3.86. The van der Waals surface area contributed by atoms with Gasteiger partial charge in [0.1, 0.15) is 6.33 Å². The van der Waals surface area contributed by atoms with E-state index in [2.05, 4.69) is 20.4 Å². The fourth-order valence-electron chi connectivity index (χ4n) is 3.86. The van der Waals surface area contributed by atoms with Gasteiger partial charge in [0.05, 0.1) is 11.8 Å². The van der Waals surface area contributed by atoms with Crippen molar-refractivity contribution < 1.29 is 9.53 Å². The van der Waals surface area contributed by atoms with E-state index >= 15 is 0 Å². The molecule has 2 aliphatic rings. The third-order valence-electron chi connectivity index (χ3n) is 4.96. The number of hydrogen-bond donors (Lipinski definition) is 0. The molecule has 0 aliphatic carbocycles. The lowest BCUT2D eigenvalue weighted by atomic mass is 9.98. The van der Waals surface area contributed by atoms with Crippen LogP contribution in [-0.4, -0.2) is 56.3 Å². The average molecular weight is 313 g/mol. The van der Waals surface area contributed by atoms with Gasteiger partial charge in [-0.05, 0) is 54.3 Å². The summed E-state index contributed by atoms with van der Waals surface area (Å²) in [5.74, 6) is 0.0991.